The molecule has 0 saturated carbocycles. The van der Waals surface area contributed by atoms with Gasteiger partial charge < -0.3 is 10.2 Å². The molecule has 1 fully saturated rings. The van der Waals surface area contributed by atoms with Gasteiger partial charge in [0.1, 0.15) is 5.69 Å². The number of carbonyl (C=O) groups is 2. The first-order valence-electron chi connectivity index (χ1n) is 9.71. The van der Waals surface area contributed by atoms with Crippen LogP contribution in [0.5, 0.6) is 0 Å². The monoisotopic (exact) mass is 402 g/mol. The predicted octanol–water partition coefficient (Wildman–Crippen LogP) is 3.01. The van der Waals surface area contributed by atoms with E-state index < -0.39 is 11.6 Å². The lowest BCUT2D eigenvalue weighted by atomic mass is 9.93. The molecule has 0 bridgehead atoms. The Kier molecular flexibility index (Phi) is 6.85. The van der Waals surface area contributed by atoms with Crippen molar-refractivity contribution in [1.82, 2.24) is 20.2 Å². The number of nitrogens with zero attached hydrogens (tertiary/aromatic N) is 3. The molecular formula is C21H24F2N4O2. The fourth-order valence-corrected chi connectivity index (χ4v) is 3.42. The Morgan fingerprint density at radius 1 is 1.21 bits per heavy atom. The van der Waals surface area contributed by atoms with Crippen molar-refractivity contribution in [3.05, 3.63) is 59.2 Å². The van der Waals surface area contributed by atoms with Crippen LogP contribution in [-0.2, 0) is 11.3 Å². The highest BCUT2D eigenvalue weighted by Crippen LogP contribution is 2.22. The standard InChI is InChI=1S/C21H24F2N4O2/c1-14-10-25-19(12-24-14)21(29)27-8-2-3-15(13-27)5-7-20(28)26-11-16-4-6-17(22)18(23)9-16/h4,6,9-10,12,15H,2-3,5,7-8,11,13H2,1H3,(H,26,28)/t15-/m1/s1. The molecule has 154 valence electrons. The van der Waals surface area contributed by atoms with Gasteiger partial charge in [0.05, 0.1) is 11.9 Å². The van der Waals surface area contributed by atoms with Crippen LogP contribution < -0.4 is 5.32 Å². The molecule has 1 N–H and O–H groups in total. The summed E-state index contributed by atoms with van der Waals surface area (Å²) in [5, 5.41) is 2.72. The molecule has 0 spiro atoms. The summed E-state index contributed by atoms with van der Waals surface area (Å²) >= 11 is 0. The van der Waals surface area contributed by atoms with E-state index in [4.69, 9.17) is 0 Å². The number of hydrogen-bond donors (Lipinski definition) is 1. The van der Waals surface area contributed by atoms with Crippen molar-refractivity contribution >= 4 is 11.8 Å². The molecule has 1 aliphatic rings. The van der Waals surface area contributed by atoms with Crippen LogP contribution in [0.3, 0.4) is 0 Å². The average molecular weight is 402 g/mol. The number of benzene rings is 1. The second-order valence-corrected chi connectivity index (χ2v) is 7.37. The van der Waals surface area contributed by atoms with Crippen molar-refractivity contribution in [1.29, 1.82) is 0 Å². The van der Waals surface area contributed by atoms with E-state index in [1.165, 1.54) is 12.3 Å². The number of nitrogens with one attached hydrogen (secondary N) is 1. The molecule has 0 radical (unpaired) electrons. The summed E-state index contributed by atoms with van der Waals surface area (Å²) in [6.45, 7) is 3.23. The summed E-state index contributed by atoms with van der Waals surface area (Å²) in [6, 6.07) is 3.56. The van der Waals surface area contributed by atoms with E-state index in [1.54, 1.807) is 11.1 Å². The van der Waals surface area contributed by atoms with Gasteiger partial charge in [0, 0.05) is 32.3 Å². The van der Waals surface area contributed by atoms with Crippen molar-refractivity contribution in [3.63, 3.8) is 0 Å². The Morgan fingerprint density at radius 3 is 2.76 bits per heavy atom. The zero-order valence-electron chi connectivity index (χ0n) is 16.3. The summed E-state index contributed by atoms with van der Waals surface area (Å²) in [5.41, 5.74) is 1.60. The second-order valence-electron chi connectivity index (χ2n) is 7.37. The number of piperidine rings is 1. The van der Waals surface area contributed by atoms with Crippen molar-refractivity contribution in [2.75, 3.05) is 13.1 Å². The lowest BCUT2D eigenvalue weighted by molar-refractivity contribution is -0.121. The molecule has 2 heterocycles. The first kappa shape index (κ1) is 20.8. The number of rotatable bonds is 6. The summed E-state index contributed by atoms with van der Waals surface area (Å²) < 4.78 is 26.2. The van der Waals surface area contributed by atoms with E-state index in [0.29, 0.717) is 37.2 Å². The van der Waals surface area contributed by atoms with E-state index in [9.17, 15) is 18.4 Å². The van der Waals surface area contributed by atoms with E-state index in [1.807, 2.05) is 6.92 Å². The number of halogens is 2. The maximum Gasteiger partial charge on any atom is 0.274 e. The van der Waals surface area contributed by atoms with Gasteiger partial charge in [-0.1, -0.05) is 6.07 Å². The number of likely N-dealkylation sites (tertiary alicyclic amines) is 1. The van der Waals surface area contributed by atoms with Gasteiger partial charge in [-0.05, 0) is 49.8 Å². The molecule has 0 unspecified atom stereocenters. The third-order valence-electron chi connectivity index (χ3n) is 5.06. The minimum Gasteiger partial charge on any atom is -0.352 e. The summed E-state index contributed by atoms with van der Waals surface area (Å²) in [5.74, 6) is -1.89. The number of amides is 2. The summed E-state index contributed by atoms with van der Waals surface area (Å²) in [4.78, 5) is 34.7. The Balaban J connectivity index is 1.45. The van der Waals surface area contributed by atoms with E-state index >= 15 is 0 Å². The zero-order valence-corrected chi connectivity index (χ0v) is 16.3. The molecule has 29 heavy (non-hydrogen) atoms. The van der Waals surface area contributed by atoms with Gasteiger partial charge in [-0.15, -0.1) is 0 Å². The molecule has 1 aromatic carbocycles. The lowest BCUT2D eigenvalue weighted by Crippen LogP contribution is -2.40. The van der Waals surface area contributed by atoms with Crippen LogP contribution >= 0.6 is 0 Å². The van der Waals surface area contributed by atoms with Crippen LogP contribution in [-0.4, -0.2) is 39.8 Å². The average Bonchev–Trinajstić information content (AvgIpc) is 2.73. The van der Waals surface area contributed by atoms with E-state index in [2.05, 4.69) is 15.3 Å². The molecule has 0 aliphatic carbocycles. The quantitative estimate of drug-likeness (QED) is 0.806. The highest BCUT2D eigenvalue weighted by molar-refractivity contribution is 5.92. The van der Waals surface area contributed by atoms with Gasteiger partial charge >= 0.3 is 0 Å². The molecule has 1 atom stereocenters. The smallest absolute Gasteiger partial charge is 0.274 e. The highest BCUT2D eigenvalue weighted by atomic mass is 19.2. The molecule has 1 aromatic heterocycles. The topological polar surface area (TPSA) is 75.2 Å². The minimum absolute atomic E-state index is 0.134. The summed E-state index contributed by atoms with van der Waals surface area (Å²) in [6.07, 6.45) is 5.89. The van der Waals surface area contributed by atoms with Crippen LogP contribution in [0.25, 0.3) is 0 Å². The van der Waals surface area contributed by atoms with Crippen molar-refractivity contribution in [2.24, 2.45) is 5.92 Å². The van der Waals surface area contributed by atoms with Gasteiger partial charge in [0.25, 0.3) is 5.91 Å². The number of aromatic nitrogens is 2. The van der Waals surface area contributed by atoms with Crippen LogP contribution in [0.4, 0.5) is 8.78 Å². The lowest BCUT2D eigenvalue weighted by Gasteiger charge is -2.32. The Morgan fingerprint density at radius 2 is 2.03 bits per heavy atom. The molecule has 8 heteroatoms. The fraction of sp³-hybridized carbons (Fsp3) is 0.429. The van der Waals surface area contributed by atoms with E-state index in [-0.39, 0.29) is 24.3 Å². The van der Waals surface area contributed by atoms with Gasteiger partial charge in [-0.2, -0.15) is 0 Å². The Hall–Kier alpha value is -2.90. The first-order valence-corrected chi connectivity index (χ1v) is 9.71. The van der Waals surface area contributed by atoms with Gasteiger partial charge in [-0.25, -0.2) is 13.8 Å². The molecule has 1 saturated heterocycles. The SMILES string of the molecule is Cc1cnc(C(=O)N2CCC[C@H](CCC(=O)NCc3ccc(F)c(F)c3)C2)cn1. The first-order chi connectivity index (χ1) is 13.9. The van der Waals surface area contributed by atoms with Crippen LogP contribution in [0.1, 0.15) is 47.4 Å². The van der Waals surface area contributed by atoms with Crippen molar-refractivity contribution in [2.45, 2.75) is 39.2 Å². The molecule has 3 rings (SSSR count). The van der Waals surface area contributed by atoms with E-state index in [0.717, 1.165) is 30.7 Å². The largest absolute Gasteiger partial charge is 0.352 e. The van der Waals surface area contributed by atoms with Crippen LogP contribution in [0, 0.1) is 24.5 Å². The predicted molar refractivity (Wildman–Crippen MR) is 103 cm³/mol. The molecule has 1 aliphatic heterocycles. The maximum atomic E-state index is 13.2. The normalized spacial score (nSPS) is 16.5. The van der Waals surface area contributed by atoms with Crippen molar-refractivity contribution in [3.8, 4) is 0 Å². The van der Waals surface area contributed by atoms with Crippen molar-refractivity contribution < 1.29 is 18.4 Å². The Labute approximate surface area is 168 Å². The zero-order chi connectivity index (χ0) is 20.8. The minimum atomic E-state index is -0.929. The fourth-order valence-electron chi connectivity index (χ4n) is 3.42. The third-order valence-corrected chi connectivity index (χ3v) is 5.06. The number of aryl methyl sites for hydroxylation is 1. The van der Waals surface area contributed by atoms with Gasteiger partial charge in [0.2, 0.25) is 5.91 Å². The molecule has 2 aromatic rings. The Bertz CT molecular complexity index is 873. The summed E-state index contributed by atoms with van der Waals surface area (Å²) in [7, 11) is 0. The number of hydrogen-bond acceptors (Lipinski definition) is 4. The highest BCUT2D eigenvalue weighted by Gasteiger charge is 2.25. The molecule has 2 amide bonds. The maximum absolute atomic E-state index is 13.2. The van der Waals surface area contributed by atoms with Gasteiger partial charge in [0.15, 0.2) is 11.6 Å². The van der Waals surface area contributed by atoms with Crippen LogP contribution in [0.15, 0.2) is 30.6 Å². The third kappa shape index (κ3) is 5.79. The molecule has 6 nitrogen and oxygen atoms in total. The van der Waals surface area contributed by atoms with Gasteiger partial charge in [-0.3, -0.25) is 14.6 Å². The number of carbonyl (C=O) groups excluding carboxylic acids is 2. The van der Waals surface area contributed by atoms with Crippen LogP contribution in [0.2, 0.25) is 0 Å². The molecular weight excluding hydrogens is 378 g/mol. The second kappa shape index (κ2) is 9.54.